The van der Waals surface area contributed by atoms with Crippen LogP contribution < -0.4 is 10.6 Å². The summed E-state index contributed by atoms with van der Waals surface area (Å²) in [4.78, 5) is 19.8. The molecular formula is C6H16N3O3+. The maximum absolute atomic E-state index is 10.6. The minimum Gasteiger partial charge on any atom is -0.316 e. The Kier molecular flexibility index (Phi) is 7.62. The van der Waals surface area contributed by atoms with E-state index < -0.39 is 0 Å². The number of rotatable bonds is 8. The molecule has 0 rings (SSSR count). The zero-order valence-corrected chi connectivity index (χ0v) is 7.50. The summed E-state index contributed by atoms with van der Waals surface area (Å²) in [6.45, 7) is 1.85. The third kappa shape index (κ3) is 7.23. The Labute approximate surface area is 71.7 Å². The van der Waals surface area contributed by atoms with Crippen LogP contribution in [0.1, 0.15) is 0 Å². The third-order valence-corrected chi connectivity index (χ3v) is 1.10. The van der Waals surface area contributed by atoms with E-state index in [1.54, 1.807) is 14.1 Å². The van der Waals surface area contributed by atoms with E-state index >= 15 is 0 Å². The zero-order chi connectivity index (χ0) is 9.23. The molecule has 0 aromatic heterocycles. The fourth-order valence-electron chi connectivity index (χ4n) is 0.482. The van der Waals surface area contributed by atoms with Gasteiger partial charge >= 0.3 is 5.09 Å². The largest absolute Gasteiger partial charge is 0.477 e. The van der Waals surface area contributed by atoms with Gasteiger partial charge < -0.3 is 10.6 Å². The minimum atomic E-state index is 0.134. The van der Waals surface area contributed by atoms with Crippen LogP contribution in [0.15, 0.2) is 0 Å². The molecule has 6 nitrogen and oxygen atoms in total. The molecule has 0 aliphatic carbocycles. The predicted octanol–water partition coefficient (Wildman–Crippen LogP) is -0.933. The molecule has 72 valence electrons. The fraction of sp³-hybridized carbons (Fsp3) is 1.00. The van der Waals surface area contributed by atoms with Crippen LogP contribution in [-0.2, 0) is 9.68 Å². The van der Waals surface area contributed by atoms with Gasteiger partial charge in [0.1, 0.15) is 4.91 Å². The van der Waals surface area contributed by atoms with Crippen LogP contribution in [0.4, 0.5) is 0 Å². The Morgan fingerprint density at radius 3 is 1.83 bits per heavy atom. The van der Waals surface area contributed by atoms with Crippen molar-refractivity contribution in [3.63, 3.8) is 0 Å². The summed E-state index contributed by atoms with van der Waals surface area (Å²) in [6.07, 6.45) is 0. The van der Waals surface area contributed by atoms with Gasteiger partial charge in [0.05, 0.1) is 0 Å². The van der Waals surface area contributed by atoms with Gasteiger partial charge in [0, 0.05) is 13.1 Å². The van der Waals surface area contributed by atoms with E-state index in [9.17, 15) is 4.91 Å². The standard InChI is InChI=1S/C6H16N3O3/c1-7-3-5-11-9(10)12-6-4-8-2/h7-8H,3-6H2,1-2H3/q+1. The molecule has 0 saturated carbocycles. The number of hydrogen-bond acceptors (Lipinski definition) is 5. The molecule has 0 radical (unpaired) electrons. The second-order valence-corrected chi connectivity index (χ2v) is 2.10. The monoisotopic (exact) mass is 178 g/mol. The van der Waals surface area contributed by atoms with E-state index in [4.69, 9.17) is 0 Å². The van der Waals surface area contributed by atoms with Gasteiger partial charge in [-0.1, -0.05) is 0 Å². The van der Waals surface area contributed by atoms with Gasteiger partial charge in [0.15, 0.2) is 13.2 Å². The lowest BCUT2D eigenvalue weighted by Gasteiger charge is -1.94. The van der Waals surface area contributed by atoms with Crippen LogP contribution >= 0.6 is 0 Å². The van der Waals surface area contributed by atoms with Gasteiger partial charge in [0.2, 0.25) is 0 Å². The van der Waals surface area contributed by atoms with Crippen molar-refractivity contribution in [2.24, 2.45) is 0 Å². The Morgan fingerprint density at radius 1 is 1.08 bits per heavy atom. The minimum absolute atomic E-state index is 0.134. The van der Waals surface area contributed by atoms with Crippen molar-refractivity contribution >= 4 is 0 Å². The van der Waals surface area contributed by atoms with Crippen molar-refractivity contribution in [2.75, 3.05) is 40.4 Å². The Morgan fingerprint density at radius 2 is 1.50 bits per heavy atom. The molecule has 6 heteroatoms. The molecule has 0 unspecified atom stereocenters. The van der Waals surface area contributed by atoms with Crippen molar-refractivity contribution < 1.29 is 14.8 Å². The van der Waals surface area contributed by atoms with Crippen LogP contribution in [-0.4, -0.2) is 45.5 Å². The van der Waals surface area contributed by atoms with E-state index in [0.29, 0.717) is 26.3 Å². The molecule has 0 aromatic rings. The first-order chi connectivity index (χ1) is 5.81. The highest BCUT2D eigenvalue weighted by atomic mass is 17.0. The summed E-state index contributed by atoms with van der Waals surface area (Å²) in [5.41, 5.74) is 0. The van der Waals surface area contributed by atoms with E-state index in [1.165, 1.54) is 0 Å². The first-order valence-electron chi connectivity index (χ1n) is 3.83. The number of hydrogen-bond donors (Lipinski definition) is 2. The van der Waals surface area contributed by atoms with Gasteiger partial charge in [-0.2, -0.15) is 9.68 Å². The topological polar surface area (TPSA) is 62.6 Å². The maximum atomic E-state index is 10.6. The second kappa shape index (κ2) is 8.22. The van der Waals surface area contributed by atoms with Gasteiger partial charge in [-0.15, -0.1) is 0 Å². The van der Waals surface area contributed by atoms with Crippen LogP contribution in [0.2, 0.25) is 0 Å². The molecular weight excluding hydrogens is 162 g/mol. The van der Waals surface area contributed by atoms with E-state index in [-0.39, 0.29) is 5.09 Å². The highest BCUT2D eigenvalue weighted by Gasteiger charge is 2.09. The quantitative estimate of drug-likeness (QED) is 0.371. The molecule has 0 spiro atoms. The van der Waals surface area contributed by atoms with Gasteiger partial charge in [-0.25, -0.2) is 0 Å². The van der Waals surface area contributed by atoms with Crippen LogP contribution in [0.3, 0.4) is 0 Å². The van der Waals surface area contributed by atoms with E-state index in [1.807, 2.05) is 0 Å². The average molecular weight is 178 g/mol. The third-order valence-electron chi connectivity index (χ3n) is 1.10. The molecule has 0 heterocycles. The SMILES string of the molecule is CNCCO[N+](=O)OCCNC. The van der Waals surface area contributed by atoms with Crippen molar-refractivity contribution in [3.05, 3.63) is 4.91 Å². The van der Waals surface area contributed by atoms with Crippen LogP contribution in [0, 0.1) is 4.91 Å². The first-order valence-corrected chi connectivity index (χ1v) is 3.83. The summed E-state index contributed by atoms with van der Waals surface area (Å²) in [7, 11) is 3.56. The lowest BCUT2D eigenvalue weighted by Crippen LogP contribution is -2.22. The molecule has 0 aromatic carbocycles. The van der Waals surface area contributed by atoms with Crippen LogP contribution in [0.25, 0.3) is 0 Å². The van der Waals surface area contributed by atoms with Gasteiger partial charge in [0.25, 0.3) is 0 Å². The molecule has 0 saturated heterocycles. The lowest BCUT2D eigenvalue weighted by atomic mass is 10.7. The smallest absolute Gasteiger partial charge is 0.316 e. The molecule has 2 N–H and O–H groups in total. The number of likely N-dealkylation sites (N-methyl/N-ethyl adjacent to an activating group) is 2. The average Bonchev–Trinajstić information content (AvgIpc) is 2.06. The molecule has 0 amide bonds. The molecule has 0 atom stereocenters. The Balaban J connectivity index is 3.10. The summed E-state index contributed by atoms with van der Waals surface area (Å²) in [5, 5.41) is 5.80. The van der Waals surface area contributed by atoms with Gasteiger partial charge in [-0.05, 0) is 14.1 Å². The molecule has 0 bridgehead atoms. The lowest BCUT2D eigenvalue weighted by molar-refractivity contribution is -0.980. The predicted molar refractivity (Wildman–Crippen MR) is 43.4 cm³/mol. The maximum Gasteiger partial charge on any atom is 0.477 e. The molecule has 12 heavy (non-hydrogen) atoms. The molecule has 0 aliphatic heterocycles. The molecule has 0 aliphatic rings. The Bertz CT molecular complexity index is 109. The number of nitrogens with one attached hydrogen (secondary N) is 2. The highest BCUT2D eigenvalue weighted by molar-refractivity contribution is 4.30. The van der Waals surface area contributed by atoms with E-state index in [0.717, 1.165) is 0 Å². The summed E-state index contributed by atoms with van der Waals surface area (Å²) < 4.78 is 0. The summed E-state index contributed by atoms with van der Waals surface area (Å²) in [5.74, 6) is 0. The van der Waals surface area contributed by atoms with Crippen molar-refractivity contribution in [1.29, 1.82) is 0 Å². The van der Waals surface area contributed by atoms with Crippen molar-refractivity contribution in [2.45, 2.75) is 0 Å². The van der Waals surface area contributed by atoms with Gasteiger partial charge in [-0.3, -0.25) is 0 Å². The van der Waals surface area contributed by atoms with Crippen molar-refractivity contribution in [3.8, 4) is 0 Å². The Hall–Kier alpha value is -0.880. The van der Waals surface area contributed by atoms with E-state index in [2.05, 4.69) is 20.3 Å². The number of nitrogens with zero attached hydrogens (tertiary/aromatic N) is 1. The first kappa shape index (κ1) is 11.1. The molecule has 0 fully saturated rings. The second-order valence-electron chi connectivity index (χ2n) is 2.10. The van der Waals surface area contributed by atoms with Crippen LogP contribution in [0.5, 0.6) is 0 Å². The normalized spacial score (nSPS) is 9.50. The highest BCUT2D eigenvalue weighted by Crippen LogP contribution is 1.79. The fourth-order valence-corrected chi connectivity index (χ4v) is 0.482. The summed E-state index contributed by atoms with van der Waals surface area (Å²) >= 11 is 0. The van der Waals surface area contributed by atoms with Crippen molar-refractivity contribution in [1.82, 2.24) is 10.6 Å². The zero-order valence-electron chi connectivity index (χ0n) is 7.50. The summed E-state index contributed by atoms with van der Waals surface area (Å²) in [6, 6.07) is 0.